The van der Waals surface area contributed by atoms with Gasteiger partial charge in [0.2, 0.25) is 0 Å². The van der Waals surface area contributed by atoms with Crippen LogP contribution in [-0.2, 0) is 0 Å². The molecule has 4 heteroatoms. The maximum Gasteiger partial charge on any atom is 0.108 e. The molecule has 0 aromatic heterocycles. The lowest BCUT2D eigenvalue weighted by atomic mass is 9.74. The zero-order valence-corrected chi connectivity index (χ0v) is 17.5. The molecule has 0 aliphatic carbocycles. The molecular formula is C21H44O4. The van der Waals surface area contributed by atoms with Gasteiger partial charge >= 0.3 is 0 Å². The zero-order valence-electron chi connectivity index (χ0n) is 17.5. The van der Waals surface area contributed by atoms with Crippen LogP contribution in [0.25, 0.3) is 0 Å². The first-order valence-electron chi connectivity index (χ1n) is 10.3. The molecule has 0 rings (SSSR count). The van der Waals surface area contributed by atoms with Crippen molar-refractivity contribution in [1.29, 1.82) is 0 Å². The van der Waals surface area contributed by atoms with E-state index in [0.717, 1.165) is 44.9 Å². The minimum atomic E-state index is -1.31. The van der Waals surface area contributed by atoms with E-state index in [9.17, 15) is 20.4 Å². The van der Waals surface area contributed by atoms with Crippen LogP contribution in [0.2, 0.25) is 0 Å². The van der Waals surface area contributed by atoms with Gasteiger partial charge in [0, 0.05) is 0 Å². The predicted molar refractivity (Wildman–Crippen MR) is 104 cm³/mol. The van der Waals surface area contributed by atoms with Crippen molar-refractivity contribution in [1.82, 2.24) is 0 Å². The average Bonchev–Trinajstić information content (AvgIpc) is 2.53. The Morgan fingerprint density at radius 3 is 1.24 bits per heavy atom. The van der Waals surface area contributed by atoms with E-state index >= 15 is 0 Å². The highest BCUT2D eigenvalue weighted by Crippen LogP contribution is 2.37. The first-order valence-corrected chi connectivity index (χ1v) is 10.3. The number of aliphatic hydroxyl groups is 4. The van der Waals surface area contributed by atoms with Crippen LogP contribution in [0.4, 0.5) is 0 Å². The van der Waals surface area contributed by atoms with Crippen LogP contribution in [0.15, 0.2) is 0 Å². The smallest absolute Gasteiger partial charge is 0.108 e. The molecule has 5 atom stereocenters. The highest BCUT2D eigenvalue weighted by Gasteiger charge is 2.37. The summed E-state index contributed by atoms with van der Waals surface area (Å²) in [7, 11) is 0. The summed E-state index contributed by atoms with van der Waals surface area (Å²) in [5.74, 6) is 0. The molecule has 4 nitrogen and oxygen atoms in total. The van der Waals surface area contributed by atoms with Gasteiger partial charge in [-0.1, -0.05) is 67.2 Å². The molecule has 0 saturated heterocycles. The van der Waals surface area contributed by atoms with Gasteiger partial charge in [-0.2, -0.15) is 0 Å². The van der Waals surface area contributed by atoms with Crippen LogP contribution in [0, 0.1) is 10.8 Å². The molecule has 152 valence electrons. The van der Waals surface area contributed by atoms with Gasteiger partial charge in [-0.25, -0.2) is 0 Å². The normalized spacial score (nSPS) is 19.9. The Morgan fingerprint density at radius 1 is 0.600 bits per heavy atom. The molecule has 0 fully saturated rings. The third-order valence-electron chi connectivity index (χ3n) is 5.96. The highest BCUT2D eigenvalue weighted by atomic mass is 16.4. The van der Waals surface area contributed by atoms with Gasteiger partial charge in [0.25, 0.3) is 0 Å². The summed E-state index contributed by atoms with van der Waals surface area (Å²) in [6, 6.07) is 0. The third-order valence-corrected chi connectivity index (χ3v) is 5.96. The summed E-state index contributed by atoms with van der Waals surface area (Å²) >= 11 is 0. The number of aliphatic hydroxyl groups excluding tert-OH is 4. The molecule has 0 amide bonds. The van der Waals surface area contributed by atoms with Crippen molar-refractivity contribution < 1.29 is 20.4 Å². The molecule has 0 bridgehead atoms. The second-order valence-electron chi connectivity index (χ2n) is 8.75. The summed E-state index contributed by atoms with van der Waals surface area (Å²) < 4.78 is 0. The van der Waals surface area contributed by atoms with Crippen molar-refractivity contribution >= 4 is 0 Å². The first-order chi connectivity index (χ1) is 11.6. The van der Waals surface area contributed by atoms with E-state index in [1.807, 2.05) is 0 Å². The topological polar surface area (TPSA) is 80.9 Å². The number of rotatable bonds is 14. The lowest BCUT2D eigenvalue weighted by Gasteiger charge is -2.37. The number of hydrogen-bond acceptors (Lipinski definition) is 4. The van der Waals surface area contributed by atoms with Gasteiger partial charge in [-0.3, -0.25) is 0 Å². The highest BCUT2D eigenvalue weighted by molar-refractivity contribution is 4.88. The molecule has 0 saturated carbocycles. The Bertz CT molecular complexity index is 341. The van der Waals surface area contributed by atoms with E-state index in [0.29, 0.717) is 12.8 Å². The molecule has 25 heavy (non-hydrogen) atoms. The first kappa shape index (κ1) is 24.8. The van der Waals surface area contributed by atoms with Crippen LogP contribution in [0.3, 0.4) is 0 Å². The van der Waals surface area contributed by atoms with E-state index in [1.54, 1.807) is 0 Å². The van der Waals surface area contributed by atoms with Crippen LogP contribution in [0.1, 0.15) is 99.3 Å². The fraction of sp³-hybridized carbons (Fsp3) is 1.00. The van der Waals surface area contributed by atoms with E-state index in [2.05, 4.69) is 41.5 Å². The number of hydrogen-bond donors (Lipinski definition) is 4. The Labute approximate surface area is 155 Å². The van der Waals surface area contributed by atoms with Crippen molar-refractivity contribution in [3.8, 4) is 0 Å². The SMILES string of the molecule is CCCC(C)(CC)C[C@@H](O)[C@H](O)[C@H](O)[C@@H](O)CC(C)(CCC)CCC. The molecule has 0 heterocycles. The minimum absolute atomic E-state index is 0.0469. The molecular weight excluding hydrogens is 316 g/mol. The van der Waals surface area contributed by atoms with E-state index in [-0.39, 0.29) is 10.8 Å². The Kier molecular flexibility index (Phi) is 11.5. The average molecular weight is 361 g/mol. The quantitative estimate of drug-likeness (QED) is 0.377. The summed E-state index contributed by atoms with van der Waals surface area (Å²) in [6.07, 6.45) is 3.11. The molecule has 4 N–H and O–H groups in total. The van der Waals surface area contributed by atoms with Gasteiger partial charge in [0.05, 0.1) is 12.2 Å². The van der Waals surface area contributed by atoms with E-state index in [1.165, 1.54) is 0 Å². The summed E-state index contributed by atoms with van der Waals surface area (Å²) in [5.41, 5.74) is -0.104. The lowest BCUT2D eigenvalue weighted by Crippen LogP contribution is -2.47. The van der Waals surface area contributed by atoms with Gasteiger partial charge < -0.3 is 20.4 Å². The van der Waals surface area contributed by atoms with E-state index < -0.39 is 24.4 Å². The van der Waals surface area contributed by atoms with Gasteiger partial charge in [-0.15, -0.1) is 0 Å². The third kappa shape index (κ3) is 8.38. The maximum absolute atomic E-state index is 10.5. The van der Waals surface area contributed by atoms with Crippen LogP contribution in [0.5, 0.6) is 0 Å². The molecule has 0 radical (unpaired) electrons. The molecule has 0 spiro atoms. The minimum Gasteiger partial charge on any atom is -0.390 e. The van der Waals surface area contributed by atoms with Crippen molar-refractivity contribution in [2.45, 2.75) is 124 Å². The Hall–Kier alpha value is -0.160. The second kappa shape index (κ2) is 11.5. The van der Waals surface area contributed by atoms with E-state index in [4.69, 9.17) is 0 Å². The summed E-state index contributed by atoms with van der Waals surface area (Å²) in [4.78, 5) is 0. The molecule has 0 aromatic carbocycles. The fourth-order valence-corrected chi connectivity index (χ4v) is 4.27. The van der Waals surface area contributed by atoms with Crippen molar-refractivity contribution in [2.24, 2.45) is 10.8 Å². The van der Waals surface area contributed by atoms with Gasteiger partial charge in [-0.05, 0) is 42.9 Å². The zero-order chi connectivity index (χ0) is 19.7. The van der Waals surface area contributed by atoms with Crippen molar-refractivity contribution in [3.05, 3.63) is 0 Å². The summed E-state index contributed by atoms with van der Waals surface area (Å²) in [6.45, 7) is 12.7. The lowest BCUT2D eigenvalue weighted by molar-refractivity contribution is -0.122. The monoisotopic (exact) mass is 360 g/mol. The standard InChI is InChI=1S/C21H44O4/c1-7-11-20(5,10-4)14-16(22)18(24)19(25)17(23)15-21(6,12-8-2)13-9-3/h16-19,22-25H,7-15H2,1-6H3/t16-,17+,18+,19-,20?/m1/s1. The van der Waals surface area contributed by atoms with Crippen LogP contribution < -0.4 is 0 Å². The van der Waals surface area contributed by atoms with Crippen molar-refractivity contribution in [2.75, 3.05) is 0 Å². The summed E-state index contributed by atoms with van der Waals surface area (Å²) in [5, 5.41) is 41.7. The van der Waals surface area contributed by atoms with Crippen molar-refractivity contribution in [3.63, 3.8) is 0 Å². The fourth-order valence-electron chi connectivity index (χ4n) is 4.27. The molecule has 0 aliphatic rings. The predicted octanol–water partition coefficient (Wildman–Crippen LogP) is 4.03. The molecule has 0 aliphatic heterocycles. The van der Waals surface area contributed by atoms with Gasteiger partial charge in [0.1, 0.15) is 12.2 Å². The second-order valence-corrected chi connectivity index (χ2v) is 8.75. The van der Waals surface area contributed by atoms with Crippen LogP contribution >= 0.6 is 0 Å². The molecule has 0 aromatic rings. The maximum atomic E-state index is 10.5. The Balaban J connectivity index is 4.86. The van der Waals surface area contributed by atoms with Crippen LogP contribution in [-0.4, -0.2) is 44.8 Å². The van der Waals surface area contributed by atoms with Gasteiger partial charge in [0.15, 0.2) is 0 Å². The molecule has 1 unspecified atom stereocenters. The largest absolute Gasteiger partial charge is 0.390 e. The Morgan fingerprint density at radius 2 is 0.920 bits per heavy atom.